The Morgan fingerprint density at radius 2 is 0.911 bits per heavy atom. The smallest absolute Gasteiger partial charge is 0.140 e. The molecule has 2 saturated carbocycles. The van der Waals surface area contributed by atoms with Gasteiger partial charge in [0.1, 0.15) is 21.1 Å². The van der Waals surface area contributed by atoms with Crippen LogP contribution >= 0.6 is 0 Å². The van der Waals surface area contributed by atoms with Crippen molar-refractivity contribution >= 4 is 41.1 Å². The molecule has 6 atom stereocenters. The molecule has 0 aliphatic heterocycles. The van der Waals surface area contributed by atoms with Gasteiger partial charge in [0.05, 0.1) is 31.6 Å². The first-order valence-corrected chi connectivity index (χ1v) is 25.2. The van der Waals surface area contributed by atoms with Crippen LogP contribution in [0.15, 0.2) is 57.3 Å². The minimum Gasteiger partial charge on any atom is -0.259 e. The van der Waals surface area contributed by atoms with E-state index in [1.165, 1.54) is 26.2 Å². The standard InChI is InChI=1S/2C21H31FN2O2S2/c2*1-19(2,3)27(25)15-20(4,17-10-6-7-11-18(17)22)16-28(26,24-5)21(14-23)12-8-9-13-21/h2*6-7,10-11H,8-9,12-13,15-16H2,1-5H3/t20-,27-,28+;20-,27-,28-/m00/s1. The summed E-state index contributed by atoms with van der Waals surface area (Å²) in [5.41, 5.74) is -1.16. The second kappa shape index (κ2) is 18.2. The van der Waals surface area contributed by atoms with Crippen molar-refractivity contribution in [2.24, 2.45) is 8.73 Å². The maximum atomic E-state index is 14.8. The van der Waals surface area contributed by atoms with E-state index in [9.17, 15) is 36.1 Å². The molecule has 0 radical (unpaired) electrons. The van der Waals surface area contributed by atoms with Crippen LogP contribution in [0, 0.1) is 34.3 Å². The lowest BCUT2D eigenvalue weighted by molar-refractivity contribution is 0.514. The maximum Gasteiger partial charge on any atom is 0.140 e. The highest BCUT2D eigenvalue weighted by Gasteiger charge is 2.50. The number of hydrogen-bond donors (Lipinski definition) is 0. The Hall–Kier alpha value is -2.52. The van der Waals surface area contributed by atoms with Crippen LogP contribution in [-0.4, -0.2) is 72.9 Å². The second-order valence-corrected chi connectivity index (χ2v) is 27.7. The summed E-state index contributed by atoms with van der Waals surface area (Å²) >= 11 is 0. The van der Waals surface area contributed by atoms with Crippen LogP contribution in [0.25, 0.3) is 0 Å². The molecule has 8 nitrogen and oxygen atoms in total. The average molecular weight is 853 g/mol. The first kappa shape index (κ1) is 47.9. The van der Waals surface area contributed by atoms with E-state index >= 15 is 0 Å². The molecule has 0 aromatic heterocycles. The van der Waals surface area contributed by atoms with Crippen LogP contribution in [0.2, 0.25) is 0 Å². The molecule has 2 aliphatic carbocycles. The first-order chi connectivity index (χ1) is 25.9. The largest absolute Gasteiger partial charge is 0.259 e. The van der Waals surface area contributed by atoms with E-state index in [0.717, 1.165) is 25.7 Å². The fourth-order valence-electron chi connectivity index (χ4n) is 7.82. The third kappa shape index (κ3) is 10.2. The highest BCUT2D eigenvalue weighted by atomic mass is 32.2. The minimum absolute atomic E-state index is 0.0206. The molecule has 312 valence electrons. The van der Waals surface area contributed by atoms with E-state index < -0.39 is 82.5 Å². The Kier molecular flexibility index (Phi) is 15.5. The zero-order chi connectivity index (χ0) is 42.4. The highest BCUT2D eigenvalue weighted by molar-refractivity contribution is 7.95. The molecule has 0 unspecified atom stereocenters. The SMILES string of the molecule is CN=[S@@](=O)(C[C@](C)(C[S@](=O)C(C)(C)C)c1ccccc1F)C1(C#N)CCCC1.CN=[S@](=O)(C[C@](C)(C[S@](=O)C(C)(C)C)c1ccccc1F)C1(C#N)CCCC1. The molecule has 0 N–H and O–H groups in total. The summed E-state index contributed by atoms with van der Waals surface area (Å²) in [5.74, 6) is -0.464. The number of rotatable bonds is 12. The first-order valence-electron chi connectivity index (χ1n) is 19.2. The van der Waals surface area contributed by atoms with Crippen molar-refractivity contribution < 1.29 is 25.6 Å². The molecule has 2 aromatic rings. The molecule has 0 heterocycles. The Morgan fingerprint density at radius 1 is 0.625 bits per heavy atom. The molecule has 2 fully saturated rings. The number of hydrogen-bond acceptors (Lipinski definition) is 8. The Balaban J connectivity index is 0.000000300. The van der Waals surface area contributed by atoms with Gasteiger partial charge in [0.2, 0.25) is 0 Å². The Labute approximate surface area is 341 Å². The Morgan fingerprint density at radius 3 is 1.14 bits per heavy atom. The van der Waals surface area contributed by atoms with Gasteiger partial charge in [-0.2, -0.15) is 10.5 Å². The number of nitriles is 2. The summed E-state index contributed by atoms with van der Waals surface area (Å²) in [7, 11) is -5.53. The topological polar surface area (TPSA) is 141 Å². The molecule has 14 heteroatoms. The predicted molar refractivity (Wildman–Crippen MR) is 229 cm³/mol. The average Bonchev–Trinajstić information content (AvgIpc) is 3.83. The summed E-state index contributed by atoms with van der Waals surface area (Å²) in [6.07, 6.45) is 5.50. The molecule has 0 bridgehead atoms. The Bertz CT molecular complexity index is 1950. The zero-order valence-corrected chi connectivity index (χ0v) is 38.2. The van der Waals surface area contributed by atoms with E-state index in [0.29, 0.717) is 36.8 Å². The lowest BCUT2D eigenvalue weighted by Gasteiger charge is -2.37. The molecule has 56 heavy (non-hydrogen) atoms. The van der Waals surface area contributed by atoms with Crippen molar-refractivity contribution in [1.82, 2.24) is 0 Å². The fraction of sp³-hybridized carbons (Fsp3) is 0.667. The highest BCUT2D eigenvalue weighted by Crippen LogP contribution is 2.44. The minimum atomic E-state index is -2.97. The molecule has 4 rings (SSSR count). The summed E-state index contributed by atoms with van der Waals surface area (Å²) in [6.45, 7) is 14.9. The van der Waals surface area contributed by atoms with Gasteiger partial charge in [-0.3, -0.25) is 8.42 Å². The predicted octanol–water partition coefficient (Wildman–Crippen LogP) is 9.13. The van der Waals surface area contributed by atoms with Crippen molar-refractivity contribution in [3.8, 4) is 12.1 Å². The second-order valence-electron chi connectivity index (χ2n) is 17.8. The van der Waals surface area contributed by atoms with Crippen molar-refractivity contribution in [3.05, 3.63) is 71.3 Å². The molecule has 0 spiro atoms. The molecule has 0 amide bonds. The maximum absolute atomic E-state index is 14.8. The fourth-order valence-corrected chi connectivity index (χ4v) is 16.5. The summed E-state index contributed by atoms with van der Waals surface area (Å²) < 4.78 is 89.1. The van der Waals surface area contributed by atoms with Crippen LogP contribution in [-0.2, 0) is 51.9 Å². The van der Waals surface area contributed by atoms with E-state index in [-0.39, 0.29) is 23.0 Å². The van der Waals surface area contributed by atoms with Crippen LogP contribution < -0.4 is 0 Å². The van der Waals surface area contributed by atoms with Crippen molar-refractivity contribution in [1.29, 1.82) is 10.5 Å². The van der Waals surface area contributed by atoms with Gasteiger partial charge in [-0.25, -0.2) is 25.9 Å². The van der Waals surface area contributed by atoms with Gasteiger partial charge in [0.25, 0.3) is 0 Å². The zero-order valence-electron chi connectivity index (χ0n) is 34.9. The van der Waals surface area contributed by atoms with Gasteiger partial charge < -0.3 is 0 Å². The molecular formula is C42H62F2N4O4S4. The van der Waals surface area contributed by atoms with Crippen molar-refractivity contribution in [2.75, 3.05) is 37.1 Å². The van der Waals surface area contributed by atoms with Gasteiger partial charge in [-0.15, -0.1) is 0 Å². The summed E-state index contributed by atoms with van der Waals surface area (Å²) in [4.78, 5) is 0. The molecule has 0 saturated heterocycles. The third-order valence-electron chi connectivity index (χ3n) is 11.4. The summed E-state index contributed by atoms with van der Waals surface area (Å²) in [5, 5.41) is 19.8. The van der Waals surface area contributed by atoms with E-state index in [2.05, 4.69) is 20.9 Å². The molecule has 2 aliphatic rings. The van der Waals surface area contributed by atoms with Crippen LogP contribution in [0.4, 0.5) is 8.78 Å². The lowest BCUT2D eigenvalue weighted by Crippen LogP contribution is -2.46. The number of nitrogens with zero attached hydrogens (tertiary/aromatic N) is 4. The van der Waals surface area contributed by atoms with E-state index in [1.54, 1.807) is 50.2 Å². The molecule has 2 aromatic carbocycles. The van der Waals surface area contributed by atoms with Gasteiger partial charge in [0.15, 0.2) is 0 Å². The van der Waals surface area contributed by atoms with Crippen molar-refractivity contribution in [2.45, 2.75) is 137 Å². The van der Waals surface area contributed by atoms with Gasteiger partial charge >= 0.3 is 0 Å². The monoisotopic (exact) mass is 852 g/mol. The normalized spacial score (nSPS) is 21.9. The van der Waals surface area contributed by atoms with Gasteiger partial charge in [-0.1, -0.05) is 75.9 Å². The number of halogens is 2. The van der Waals surface area contributed by atoms with Crippen LogP contribution in [0.5, 0.6) is 0 Å². The quantitative estimate of drug-likeness (QED) is 0.209. The lowest BCUT2D eigenvalue weighted by atomic mass is 9.86. The number of benzene rings is 2. The molecular weight excluding hydrogens is 791 g/mol. The summed E-state index contributed by atoms with van der Waals surface area (Å²) in [6, 6.07) is 17.4. The third-order valence-corrected chi connectivity index (χ3v) is 22.6. The van der Waals surface area contributed by atoms with Crippen molar-refractivity contribution in [3.63, 3.8) is 0 Å². The van der Waals surface area contributed by atoms with Gasteiger partial charge in [-0.05, 0) is 90.5 Å². The van der Waals surface area contributed by atoms with Crippen LogP contribution in [0.3, 0.4) is 0 Å². The van der Waals surface area contributed by atoms with Gasteiger partial charge in [0, 0.05) is 79.0 Å². The van der Waals surface area contributed by atoms with E-state index in [1.807, 2.05) is 41.5 Å². The van der Waals surface area contributed by atoms with E-state index in [4.69, 9.17) is 0 Å². The van der Waals surface area contributed by atoms with Crippen LogP contribution in [0.1, 0.15) is 118 Å².